The fourth-order valence-electron chi connectivity index (χ4n) is 1.74. The summed E-state index contributed by atoms with van der Waals surface area (Å²) in [6.07, 6.45) is 0. The van der Waals surface area contributed by atoms with E-state index in [0.717, 1.165) is 11.3 Å². The number of benzene rings is 1. The van der Waals surface area contributed by atoms with Crippen LogP contribution in [-0.2, 0) is 16.1 Å². The number of hydrogen-bond acceptors (Lipinski definition) is 3. The number of halogens is 1. The summed E-state index contributed by atoms with van der Waals surface area (Å²) in [6, 6.07) is 5.38. The Hall–Kier alpha value is -1.26. The molecule has 1 aliphatic rings. The highest BCUT2D eigenvalue weighted by atomic mass is 35.5. The highest BCUT2D eigenvalue weighted by Crippen LogP contribution is 2.26. The Balaban J connectivity index is 2.19. The third-order valence-electron chi connectivity index (χ3n) is 2.65. The molecular formula is C12H14ClNO3. The smallest absolute Gasteiger partial charge is 0.260 e. The normalized spacial score (nSPS) is 15.2. The lowest BCUT2D eigenvalue weighted by Crippen LogP contribution is -2.34. The first kappa shape index (κ1) is 12.2. The van der Waals surface area contributed by atoms with Gasteiger partial charge in [0.1, 0.15) is 5.75 Å². The van der Waals surface area contributed by atoms with Crippen LogP contribution in [0.25, 0.3) is 0 Å². The summed E-state index contributed by atoms with van der Waals surface area (Å²) in [5, 5.41) is 0.647. The highest BCUT2D eigenvalue weighted by Gasteiger charge is 2.21. The van der Waals surface area contributed by atoms with Crippen molar-refractivity contribution >= 4 is 17.5 Å². The summed E-state index contributed by atoms with van der Waals surface area (Å²) in [7, 11) is 1.61. The summed E-state index contributed by atoms with van der Waals surface area (Å²) in [6.45, 7) is 1.66. The Morgan fingerprint density at radius 3 is 3.12 bits per heavy atom. The molecule has 92 valence electrons. The summed E-state index contributed by atoms with van der Waals surface area (Å²) in [5.74, 6) is 0.692. The molecule has 1 aliphatic heterocycles. The van der Waals surface area contributed by atoms with Gasteiger partial charge in [-0.15, -0.1) is 0 Å². The number of ether oxygens (including phenoxy) is 2. The Kier molecular flexibility index (Phi) is 3.86. The predicted octanol–water partition coefficient (Wildman–Crippen LogP) is 1.71. The third kappa shape index (κ3) is 2.90. The van der Waals surface area contributed by atoms with Crippen LogP contribution in [0.5, 0.6) is 5.75 Å². The summed E-state index contributed by atoms with van der Waals surface area (Å²) in [4.78, 5) is 13.5. The fourth-order valence-corrected chi connectivity index (χ4v) is 1.94. The lowest BCUT2D eigenvalue weighted by atomic mass is 10.2. The predicted molar refractivity (Wildman–Crippen MR) is 64.2 cm³/mol. The monoisotopic (exact) mass is 255 g/mol. The van der Waals surface area contributed by atoms with Gasteiger partial charge in [-0.3, -0.25) is 4.79 Å². The van der Waals surface area contributed by atoms with Crippen LogP contribution in [0.2, 0.25) is 5.02 Å². The first-order valence-electron chi connectivity index (χ1n) is 5.38. The van der Waals surface area contributed by atoms with Gasteiger partial charge in [0.2, 0.25) is 0 Å². The van der Waals surface area contributed by atoms with Gasteiger partial charge in [0.25, 0.3) is 5.91 Å². The second-order valence-corrected chi connectivity index (χ2v) is 4.29. The minimum atomic E-state index is -0.0330. The maximum atomic E-state index is 11.8. The van der Waals surface area contributed by atoms with E-state index in [9.17, 15) is 4.79 Å². The number of amides is 1. The van der Waals surface area contributed by atoms with Crippen LogP contribution in [0, 0.1) is 0 Å². The minimum Gasteiger partial charge on any atom is -0.483 e. The standard InChI is InChI=1S/C12H14ClNO3/c1-16-5-4-14-7-9-6-10(13)2-3-11(9)17-8-12(14)15/h2-3,6H,4-5,7-8H2,1H3. The van der Waals surface area contributed by atoms with Crippen LogP contribution in [0.1, 0.15) is 5.56 Å². The molecule has 1 heterocycles. The van der Waals surface area contributed by atoms with E-state index >= 15 is 0 Å². The third-order valence-corrected chi connectivity index (χ3v) is 2.89. The zero-order valence-corrected chi connectivity index (χ0v) is 10.4. The van der Waals surface area contributed by atoms with Crippen molar-refractivity contribution in [2.45, 2.75) is 6.54 Å². The number of methoxy groups -OCH3 is 1. The van der Waals surface area contributed by atoms with Crippen molar-refractivity contribution in [2.24, 2.45) is 0 Å². The first-order chi connectivity index (χ1) is 8.20. The van der Waals surface area contributed by atoms with Gasteiger partial charge in [0, 0.05) is 30.8 Å². The summed E-state index contributed by atoms with van der Waals surface area (Å²) >= 11 is 5.93. The molecule has 0 saturated heterocycles. The van der Waals surface area contributed by atoms with Gasteiger partial charge >= 0.3 is 0 Å². The molecule has 0 bridgehead atoms. The van der Waals surface area contributed by atoms with Crippen LogP contribution in [0.15, 0.2) is 18.2 Å². The average Bonchev–Trinajstić information content (AvgIpc) is 2.46. The maximum absolute atomic E-state index is 11.8. The summed E-state index contributed by atoms with van der Waals surface area (Å²) < 4.78 is 10.4. The number of hydrogen-bond donors (Lipinski definition) is 0. The molecule has 1 aromatic rings. The van der Waals surface area contributed by atoms with Gasteiger partial charge in [0.05, 0.1) is 6.61 Å². The Labute approximate surface area is 105 Å². The van der Waals surface area contributed by atoms with Crippen molar-refractivity contribution in [2.75, 3.05) is 26.9 Å². The van der Waals surface area contributed by atoms with Gasteiger partial charge in [-0.25, -0.2) is 0 Å². The molecule has 0 saturated carbocycles. The zero-order valence-electron chi connectivity index (χ0n) is 9.61. The molecule has 2 rings (SSSR count). The van der Waals surface area contributed by atoms with Crippen molar-refractivity contribution in [3.05, 3.63) is 28.8 Å². The van der Waals surface area contributed by atoms with Crippen molar-refractivity contribution in [3.63, 3.8) is 0 Å². The van der Waals surface area contributed by atoms with Crippen molar-refractivity contribution < 1.29 is 14.3 Å². The number of rotatable bonds is 3. The maximum Gasteiger partial charge on any atom is 0.260 e. The second kappa shape index (κ2) is 5.38. The number of carbonyl (C=O) groups excluding carboxylic acids is 1. The average molecular weight is 256 g/mol. The molecule has 1 amide bonds. The van der Waals surface area contributed by atoms with E-state index in [0.29, 0.717) is 24.7 Å². The first-order valence-corrected chi connectivity index (χ1v) is 5.76. The minimum absolute atomic E-state index is 0.0330. The van der Waals surface area contributed by atoms with Crippen molar-refractivity contribution in [3.8, 4) is 5.75 Å². The molecular weight excluding hydrogens is 242 g/mol. The molecule has 0 N–H and O–H groups in total. The molecule has 0 atom stereocenters. The van der Waals surface area contributed by atoms with Crippen LogP contribution in [0.4, 0.5) is 0 Å². The molecule has 0 aliphatic carbocycles. The van der Waals surface area contributed by atoms with Gasteiger partial charge in [0.15, 0.2) is 6.61 Å². The van der Waals surface area contributed by atoms with E-state index in [-0.39, 0.29) is 12.5 Å². The summed E-state index contributed by atoms with van der Waals surface area (Å²) in [5.41, 5.74) is 0.930. The number of nitrogens with zero attached hydrogens (tertiary/aromatic N) is 1. The molecule has 17 heavy (non-hydrogen) atoms. The Morgan fingerprint density at radius 2 is 2.35 bits per heavy atom. The number of carbonyl (C=O) groups is 1. The van der Waals surface area contributed by atoms with Crippen molar-refractivity contribution in [1.82, 2.24) is 4.90 Å². The molecule has 1 aromatic carbocycles. The van der Waals surface area contributed by atoms with Crippen LogP contribution >= 0.6 is 11.6 Å². The molecule has 0 radical (unpaired) electrons. The SMILES string of the molecule is COCCN1Cc2cc(Cl)ccc2OCC1=O. The van der Waals surface area contributed by atoms with Crippen LogP contribution in [-0.4, -0.2) is 37.7 Å². The zero-order chi connectivity index (χ0) is 12.3. The lowest BCUT2D eigenvalue weighted by molar-refractivity contribution is -0.133. The molecule has 0 spiro atoms. The lowest BCUT2D eigenvalue weighted by Gasteiger charge is -2.19. The van der Waals surface area contributed by atoms with E-state index in [1.165, 1.54) is 0 Å². The van der Waals surface area contributed by atoms with Gasteiger partial charge in [-0.05, 0) is 18.2 Å². The van der Waals surface area contributed by atoms with Gasteiger partial charge in [-0.1, -0.05) is 11.6 Å². The van der Waals surface area contributed by atoms with Crippen molar-refractivity contribution in [1.29, 1.82) is 0 Å². The highest BCUT2D eigenvalue weighted by molar-refractivity contribution is 6.30. The van der Waals surface area contributed by atoms with E-state index in [1.807, 2.05) is 6.07 Å². The van der Waals surface area contributed by atoms with Crippen LogP contribution in [0.3, 0.4) is 0 Å². The van der Waals surface area contributed by atoms with E-state index < -0.39 is 0 Å². The second-order valence-electron chi connectivity index (χ2n) is 3.85. The van der Waals surface area contributed by atoms with Gasteiger partial charge in [-0.2, -0.15) is 0 Å². The quantitative estimate of drug-likeness (QED) is 0.825. The van der Waals surface area contributed by atoms with Gasteiger partial charge < -0.3 is 14.4 Å². The van der Waals surface area contributed by atoms with E-state index in [1.54, 1.807) is 24.1 Å². The van der Waals surface area contributed by atoms with E-state index in [2.05, 4.69) is 0 Å². The molecule has 0 aromatic heterocycles. The molecule has 5 heteroatoms. The Morgan fingerprint density at radius 1 is 1.53 bits per heavy atom. The fraction of sp³-hybridized carbons (Fsp3) is 0.417. The van der Waals surface area contributed by atoms with E-state index in [4.69, 9.17) is 21.1 Å². The number of fused-ring (bicyclic) bond motifs is 1. The molecule has 0 unspecified atom stereocenters. The van der Waals surface area contributed by atoms with Crippen LogP contribution < -0.4 is 4.74 Å². The molecule has 0 fully saturated rings. The molecule has 4 nitrogen and oxygen atoms in total. The Bertz CT molecular complexity index is 422. The largest absolute Gasteiger partial charge is 0.483 e. The topological polar surface area (TPSA) is 38.8 Å².